The molecule has 1 atom stereocenters. The molecule has 1 fully saturated rings. The highest BCUT2D eigenvalue weighted by Crippen LogP contribution is 2.27. The Kier molecular flexibility index (Phi) is 4.09. The van der Waals surface area contributed by atoms with Crippen molar-refractivity contribution in [1.82, 2.24) is 15.6 Å². The molecule has 1 heterocycles. The Morgan fingerprint density at radius 3 is 2.82 bits per heavy atom. The first kappa shape index (κ1) is 12.0. The van der Waals surface area contributed by atoms with Gasteiger partial charge in [0, 0.05) is 12.4 Å². The van der Waals surface area contributed by atoms with Gasteiger partial charge in [-0.25, -0.2) is 0 Å². The van der Waals surface area contributed by atoms with Crippen LogP contribution in [0.4, 0.5) is 0 Å². The van der Waals surface area contributed by atoms with Crippen molar-refractivity contribution in [2.75, 3.05) is 13.1 Å². The van der Waals surface area contributed by atoms with Crippen molar-refractivity contribution < 1.29 is 4.79 Å². The summed E-state index contributed by atoms with van der Waals surface area (Å²) >= 11 is 0. The van der Waals surface area contributed by atoms with Crippen LogP contribution < -0.4 is 10.6 Å². The molecule has 2 rings (SSSR count). The largest absolute Gasteiger partial charge is 0.348 e. The van der Waals surface area contributed by atoms with Gasteiger partial charge in [0.05, 0.1) is 12.6 Å². The Morgan fingerprint density at radius 2 is 2.18 bits per heavy atom. The Morgan fingerprint density at radius 1 is 1.47 bits per heavy atom. The molecule has 0 saturated heterocycles. The van der Waals surface area contributed by atoms with Gasteiger partial charge in [0.1, 0.15) is 0 Å². The van der Waals surface area contributed by atoms with Gasteiger partial charge >= 0.3 is 0 Å². The minimum atomic E-state index is 0.0354. The molecule has 1 aliphatic carbocycles. The molecule has 4 nitrogen and oxygen atoms in total. The molecule has 1 unspecified atom stereocenters. The van der Waals surface area contributed by atoms with Crippen LogP contribution in [0, 0.1) is 5.92 Å². The van der Waals surface area contributed by atoms with E-state index in [1.54, 1.807) is 12.4 Å². The highest BCUT2D eigenvalue weighted by molar-refractivity contribution is 5.78. The highest BCUT2D eigenvalue weighted by atomic mass is 16.1. The van der Waals surface area contributed by atoms with Gasteiger partial charge in [-0.3, -0.25) is 9.78 Å². The number of hydrogen-bond donors (Lipinski definition) is 2. The SMILES string of the molecule is CC(NC(=O)CNCC1CC1)c1ccncc1. The molecule has 1 saturated carbocycles. The zero-order valence-electron chi connectivity index (χ0n) is 10.1. The van der Waals surface area contributed by atoms with Gasteiger partial charge in [0.25, 0.3) is 0 Å². The minimum Gasteiger partial charge on any atom is -0.348 e. The van der Waals surface area contributed by atoms with Crippen LogP contribution in [0.15, 0.2) is 24.5 Å². The zero-order valence-corrected chi connectivity index (χ0v) is 10.1. The van der Waals surface area contributed by atoms with E-state index < -0.39 is 0 Å². The second-order valence-electron chi connectivity index (χ2n) is 4.64. The van der Waals surface area contributed by atoms with E-state index >= 15 is 0 Å². The quantitative estimate of drug-likeness (QED) is 0.777. The monoisotopic (exact) mass is 233 g/mol. The van der Waals surface area contributed by atoms with Crippen LogP contribution in [0.2, 0.25) is 0 Å². The van der Waals surface area contributed by atoms with E-state index in [0.29, 0.717) is 6.54 Å². The number of nitrogens with zero attached hydrogens (tertiary/aromatic N) is 1. The molecule has 0 aromatic carbocycles. The van der Waals surface area contributed by atoms with Crippen LogP contribution in [-0.4, -0.2) is 24.0 Å². The van der Waals surface area contributed by atoms with Crippen LogP contribution in [0.5, 0.6) is 0 Å². The maximum Gasteiger partial charge on any atom is 0.234 e. The van der Waals surface area contributed by atoms with E-state index in [4.69, 9.17) is 0 Å². The second kappa shape index (κ2) is 5.77. The van der Waals surface area contributed by atoms with E-state index in [-0.39, 0.29) is 11.9 Å². The van der Waals surface area contributed by atoms with E-state index in [2.05, 4.69) is 15.6 Å². The Hall–Kier alpha value is -1.42. The summed E-state index contributed by atoms with van der Waals surface area (Å²) in [6, 6.07) is 3.87. The fourth-order valence-electron chi connectivity index (χ4n) is 1.74. The standard InChI is InChI=1S/C13H19N3O/c1-10(12-4-6-14-7-5-12)16-13(17)9-15-8-11-2-3-11/h4-7,10-11,15H,2-3,8-9H2,1H3,(H,16,17). The lowest BCUT2D eigenvalue weighted by atomic mass is 10.1. The minimum absolute atomic E-state index is 0.0354. The van der Waals surface area contributed by atoms with Crippen LogP contribution in [0.25, 0.3) is 0 Å². The fourth-order valence-corrected chi connectivity index (χ4v) is 1.74. The lowest BCUT2D eigenvalue weighted by Crippen LogP contribution is -2.36. The lowest BCUT2D eigenvalue weighted by molar-refractivity contribution is -0.120. The predicted molar refractivity (Wildman–Crippen MR) is 66.4 cm³/mol. The first-order valence-electron chi connectivity index (χ1n) is 6.15. The zero-order chi connectivity index (χ0) is 12.1. The molecule has 1 aliphatic rings. The van der Waals surface area contributed by atoms with Crippen molar-refractivity contribution >= 4 is 5.91 Å². The van der Waals surface area contributed by atoms with Crippen LogP contribution in [0.3, 0.4) is 0 Å². The number of aromatic nitrogens is 1. The topological polar surface area (TPSA) is 54.0 Å². The van der Waals surface area contributed by atoms with E-state index in [1.807, 2.05) is 19.1 Å². The smallest absolute Gasteiger partial charge is 0.234 e. The van der Waals surface area contributed by atoms with Crippen LogP contribution in [0.1, 0.15) is 31.4 Å². The van der Waals surface area contributed by atoms with E-state index in [0.717, 1.165) is 18.0 Å². The van der Waals surface area contributed by atoms with Crippen LogP contribution >= 0.6 is 0 Å². The normalized spacial score (nSPS) is 16.5. The Labute approximate surface area is 102 Å². The molecule has 4 heteroatoms. The predicted octanol–water partition coefficient (Wildman–Crippen LogP) is 1.26. The Bertz CT molecular complexity index is 362. The lowest BCUT2D eigenvalue weighted by Gasteiger charge is -2.14. The van der Waals surface area contributed by atoms with Gasteiger partial charge in [-0.15, -0.1) is 0 Å². The first-order valence-corrected chi connectivity index (χ1v) is 6.15. The molecule has 1 amide bonds. The maximum absolute atomic E-state index is 11.6. The molecule has 1 aromatic rings. The molecule has 0 aliphatic heterocycles. The van der Waals surface area contributed by atoms with Crippen molar-refractivity contribution in [2.45, 2.75) is 25.8 Å². The first-order chi connectivity index (χ1) is 8.25. The number of pyridine rings is 1. The number of carbonyl (C=O) groups is 1. The summed E-state index contributed by atoms with van der Waals surface area (Å²) < 4.78 is 0. The molecule has 2 N–H and O–H groups in total. The Balaban J connectivity index is 1.69. The second-order valence-corrected chi connectivity index (χ2v) is 4.64. The van der Waals surface area contributed by atoms with E-state index in [9.17, 15) is 4.79 Å². The molecule has 17 heavy (non-hydrogen) atoms. The van der Waals surface area contributed by atoms with Crippen LogP contribution in [-0.2, 0) is 4.79 Å². The van der Waals surface area contributed by atoms with Gasteiger partial charge in [0.15, 0.2) is 0 Å². The summed E-state index contributed by atoms with van der Waals surface area (Å²) in [5, 5.41) is 6.14. The third kappa shape index (κ3) is 4.15. The maximum atomic E-state index is 11.6. The summed E-state index contributed by atoms with van der Waals surface area (Å²) in [6.45, 7) is 3.36. The summed E-state index contributed by atoms with van der Waals surface area (Å²) in [4.78, 5) is 15.6. The van der Waals surface area contributed by atoms with Gasteiger partial charge in [-0.05, 0) is 49.9 Å². The van der Waals surface area contributed by atoms with Crippen molar-refractivity contribution in [2.24, 2.45) is 5.92 Å². The number of amides is 1. The molecular formula is C13H19N3O. The molecule has 1 aromatic heterocycles. The molecule has 0 bridgehead atoms. The van der Waals surface area contributed by atoms with Crippen molar-refractivity contribution in [3.05, 3.63) is 30.1 Å². The number of rotatable bonds is 6. The van der Waals surface area contributed by atoms with Gasteiger partial charge in [-0.1, -0.05) is 0 Å². The number of carbonyl (C=O) groups excluding carboxylic acids is 1. The van der Waals surface area contributed by atoms with Crippen molar-refractivity contribution in [3.8, 4) is 0 Å². The summed E-state index contributed by atoms with van der Waals surface area (Å²) in [6.07, 6.45) is 6.09. The third-order valence-electron chi connectivity index (χ3n) is 3.00. The molecule has 92 valence electrons. The summed E-state index contributed by atoms with van der Waals surface area (Å²) in [5.74, 6) is 0.857. The van der Waals surface area contributed by atoms with Crippen molar-refractivity contribution in [1.29, 1.82) is 0 Å². The van der Waals surface area contributed by atoms with E-state index in [1.165, 1.54) is 12.8 Å². The molecule has 0 spiro atoms. The average molecular weight is 233 g/mol. The summed E-state index contributed by atoms with van der Waals surface area (Å²) in [7, 11) is 0. The van der Waals surface area contributed by atoms with Crippen molar-refractivity contribution in [3.63, 3.8) is 0 Å². The molecule has 0 radical (unpaired) electrons. The van der Waals surface area contributed by atoms with Gasteiger partial charge < -0.3 is 10.6 Å². The third-order valence-corrected chi connectivity index (χ3v) is 3.00. The van der Waals surface area contributed by atoms with Gasteiger partial charge in [0.2, 0.25) is 5.91 Å². The number of nitrogens with one attached hydrogen (secondary N) is 2. The summed E-state index contributed by atoms with van der Waals surface area (Å²) in [5.41, 5.74) is 1.08. The highest BCUT2D eigenvalue weighted by Gasteiger charge is 2.20. The molecular weight excluding hydrogens is 214 g/mol. The van der Waals surface area contributed by atoms with Gasteiger partial charge in [-0.2, -0.15) is 0 Å². The fraction of sp³-hybridized carbons (Fsp3) is 0.538. The number of hydrogen-bond acceptors (Lipinski definition) is 3. The average Bonchev–Trinajstić information content (AvgIpc) is 3.14.